The molecule has 3 heteroatoms. The Bertz CT molecular complexity index is 315. The summed E-state index contributed by atoms with van der Waals surface area (Å²) >= 11 is 0. The lowest BCUT2D eigenvalue weighted by atomic mass is 10.2. The monoisotopic (exact) mass is 224 g/mol. The molecule has 0 N–H and O–H groups in total. The Morgan fingerprint density at radius 2 is 1.75 bits per heavy atom. The van der Waals surface area contributed by atoms with E-state index in [1.807, 2.05) is 45.0 Å². The summed E-state index contributed by atoms with van der Waals surface area (Å²) in [5, 5.41) is 0. The summed E-state index contributed by atoms with van der Waals surface area (Å²) in [4.78, 5) is 0. The first-order valence-corrected chi connectivity index (χ1v) is 5.42. The van der Waals surface area contributed by atoms with E-state index in [4.69, 9.17) is 14.2 Å². The first-order chi connectivity index (χ1) is 7.51. The van der Waals surface area contributed by atoms with Gasteiger partial charge in [-0.2, -0.15) is 0 Å². The molecule has 0 heterocycles. The fraction of sp³-hybridized carbons (Fsp3) is 0.538. The normalized spacial score (nSPS) is 11.2. The lowest BCUT2D eigenvalue weighted by Gasteiger charge is -2.19. The van der Waals surface area contributed by atoms with Crippen molar-refractivity contribution in [3.05, 3.63) is 24.3 Å². The van der Waals surface area contributed by atoms with Gasteiger partial charge < -0.3 is 14.2 Å². The molecule has 0 saturated carbocycles. The molecule has 3 nitrogen and oxygen atoms in total. The molecule has 0 aliphatic heterocycles. The van der Waals surface area contributed by atoms with E-state index in [2.05, 4.69) is 0 Å². The molecule has 0 radical (unpaired) electrons. The molecule has 0 aliphatic rings. The fourth-order valence-electron chi connectivity index (χ4n) is 1.20. The van der Waals surface area contributed by atoms with Gasteiger partial charge in [0.1, 0.15) is 18.1 Å². The topological polar surface area (TPSA) is 27.7 Å². The summed E-state index contributed by atoms with van der Waals surface area (Å²) in [5.41, 5.74) is -0.113. The number of ether oxygens (including phenoxy) is 3. The van der Waals surface area contributed by atoms with Crippen LogP contribution in [-0.2, 0) is 4.74 Å². The summed E-state index contributed by atoms with van der Waals surface area (Å²) in [6.07, 6.45) is 0. The van der Waals surface area contributed by atoms with Crippen molar-refractivity contribution in [2.24, 2.45) is 0 Å². The summed E-state index contributed by atoms with van der Waals surface area (Å²) < 4.78 is 16.2. The third-order valence-electron chi connectivity index (χ3n) is 1.93. The number of hydrogen-bond acceptors (Lipinski definition) is 3. The minimum atomic E-state index is -0.113. The predicted molar refractivity (Wildman–Crippen MR) is 64.2 cm³/mol. The van der Waals surface area contributed by atoms with Crippen molar-refractivity contribution in [1.29, 1.82) is 0 Å². The van der Waals surface area contributed by atoms with Crippen LogP contribution in [0.25, 0.3) is 0 Å². The zero-order valence-electron chi connectivity index (χ0n) is 10.4. The summed E-state index contributed by atoms with van der Waals surface area (Å²) in [6.45, 7) is 7.21. The molecule has 90 valence electrons. The molecular weight excluding hydrogens is 204 g/mol. The van der Waals surface area contributed by atoms with E-state index >= 15 is 0 Å². The molecule has 1 aromatic carbocycles. The molecule has 0 spiro atoms. The van der Waals surface area contributed by atoms with Gasteiger partial charge in [-0.1, -0.05) is 6.07 Å². The molecule has 0 atom stereocenters. The van der Waals surface area contributed by atoms with E-state index in [-0.39, 0.29) is 5.60 Å². The highest BCUT2D eigenvalue weighted by Crippen LogP contribution is 2.18. The second kappa shape index (κ2) is 5.75. The van der Waals surface area contributed by atoms with Crippen LogP contribution in [0.15, 0.2) is 24.3 Å². The number of rotatable bonds is 5. The van der Waals surface area contributed by atoms with Crippen LogP contribution in [-0.4, -0.2) is 25.9 Å². The zero-order chi connectivity index (χ0) is 12.0. The molecule has 1 aromatic rings. The molecule has 0 amide bonds. The summed E-state index contributed by atoms with van der Waals surface area (Å²) in [7, 11) is 1.64. The first-order valence-electron chi connectivity index (χ1n) is 5.42. The van der Waals surface area contributed by atoms with Crippen molar-refractivity contribution < 1.29 is 14.2 Å². The van der Waals surface area contributed by atoms with E-state index in [1.165, 1.54) is 0 Å². The van der Waals surface area contributed by atoms with Crippen LogP contribution in [0.3, 0.4) is 0 Å². The quantitative estimate of drug-likeness (QED) is 0.720. The molecular formula is C13H20O3. The lowest BCUT2D eigenvalue weighted by molar-refractivity contribution is -0.0163. The van der Waals surface area contributed by atoms with Crippen molar-refractivity contribution in [1.82, 2.24) is 0 Å². The van der Waals surface area contributed by atoms with Gasteiger partial charge in [-0.05, 0) is 32.9 Å². The molecule has 1 rings (SSSR count). The Morgan fingerprint density at radius 1 is 1.06 bits per heavy atom. The maximum atomic E-state index is 5.55. The third-order valence-corrected chi connectivity index (χ3v) is 1.93. The van der Waals surface area contributed by atoms with Crippen molar-refractivity contribution in [3.8, 4) is 11.5 Å². The van der Waals surface area contributed by atoms with Gasteiger partial charge in [0.05, 0.1) is 19.3 Å². The van der Waals surface area contributed by atoms with Crippen molar-refractivity contribution in [2.45, 2.75) is 26.4 Å². The van der Waals surface area contributed by atoms with Crippen molar-refractivity contribution in [2.75, 3.05) is 20.3 Å². The highest BCUT2D eigenvalue weighted by Gasteiger charge is 2.09. The Labute approximate surface area is 97.3 Å². The second-order valence-corrected chi connectivity index (χ2v) is 4.49. The van der Waals surface area contributed by atoms with Gasteiger partial charge in [-0.15, -0.1) is 0 Å². The average Bonchev–Trinajstić information content (AvgIpc) is 2.23. The smallest absolute Gasteiger partial charge is 0.123 e. The molecule has 0 unspecified atom stereocenters. The molecule has 16 heavy (non-hydrogen) atoms. The number of hydrogen-bond donors (Lipinski definition) is 0. The van der Waals surface area contributed by atoms with Gasteiger partial charge in [-0.25, -0.2) is 0 Å². The van der Waals surface area contributed by atoms with Gasteiger partial charge in [0.25, 0.3) is 0 Å². The van der Waals surface area contributed by atoms with Crippen molar-refractivity contribution in [3.63, 3.8) is 0 Å². The van der Waals surface area contributed by atoms with Crippen LogP contribution in [0.2, 0.25) is 0 Å². The SMILES string of the molecule is COc1cccc(OCCOC(C)(C)C)c1. The molecule has 0 aliphatic carbocycles. The van der Waals surface area contributed by atoms with Crippen LogP contribution in [0.4, 0.5) is 0 Å². The van der Waals surface area contributed by atoms with Gasteiger partial charge in [0.15, 0.2) is 0 Å². The van der Waals surface area contributed by atoms with Gasteiger partial charge >= 0.3 is 0 Å². The Hall–Kier alpha value is -1.22. The molecule has 0 fully saturated rings. The number of methoxy groups -OCH3 is 1. The van der Waals surface area contributed by atoms with Gasteiger partial charge in [0, 0.05) is 6.07 Å². The van der Waals surface area contributed by atoms with Gasteiger partial charge in [-0.3, -0.25) is 0 Å². The standard InChI is InChI=1S/C13H20O3/c1-13(2,3)16-9-8-15-12-7-5-6-11(10-12)14-4/h5-7,10H,8-9H2,1-4H3. The summed E-state index contributed by atoms with van der Waals surface area (Å²) in [5.74, 6) is 1.60. The number of benzene rings is 1. The largest absolute Gasteiger partial charge is 0.497 e. The van der Waals surface area contributed by atoms with Crippen LogP contribution in [0, 0.1) is 0 Å². The van der Waals surface area contributed by atoms with Crippen molar-refractivity contribution >= 4 is 0 Å². The Balaban J connectivity index is 2.32. The Kier molecular flexibility index (Phi) is 4.62. The minimum absolute atomic E-state index is 0.113. The molecule has 0 saturated heterocycles. The summed E-state index contributed by atoms with van der Waals surface area (Å²) in [6, 6.07) is 7.55. The molecule has 0 aromatic heterocycles. The Morgan fingerprint density at radius 3 is 2.38 bits per heavy atom. The van der Waals surface area contributed by atoms with E-state index in [0.717, 1.165) is 11.5 Å². The van der Waals surface area contributed by atoms with Crippen LogP contribution in [0.5, 0.6) is 11.5 Å². The maximum Gasteiger partial charge on any atom is 0.123 e. The van der Waals surface area contributed by atoms with E-state index in [9.17, 15) is 0 Å². The predicted octanol–water partition coefficient (Wildman–Crippen LogP) is 2.89. The lowest BCUT2D eigenvalue weighted by Crippen LogP contribution is -2.22. The van der Waals surface area contributed by atoms with Crippen LogP contribution in [0.1, 0.15) is 20.8 Å². The molecule has 0 bridgehead atoms. The minimum Gasteiger partial charge on any atom is -0.497 e. The second-order valence-electron chi connectivity index (χ2n) is 4.49. The van der Waals surface area contributed by atoms with Gasteiger partial charge in [0.2, 0.25) is 0 Å². The highest BCUT2D eigenvalue weighted by atomic mass is 16.5. The van der Waals surface area contributed by atoms with E-state index in [1.54, 1.807) is 7.11 Å². The highest BCUT2D eigenvalue weighted by molar-refractivity contribution is 5.32. The van der Waals surface area contributed by atoms with Crippen LogP contribution >= 0.6 is 0 Å². The van der Waals surface area contributed by atoms with E-state index in [0.29, 0.717) is 13.2 Å². The zero-order valence-corrected chi connectivity index (χ0v) is 10.4. The van der Waals surface area contributed by atoms with E-state index < -0.39 is 0 Å². The average molecular weight is 224 g/mol. The first kappa shape index (κ1) is 12.8. The fourth-order valence-corrected chi connectivity index (χ4v) is 1.20. The van der Waals surface area contributed by atoms with Crippen LogP contribution < -0.4 is 9.47 Å². The third kappa shape index (κ3) is 5.03. The maximum absolute atomic E-state index is 5.55.